The maximum Gasteiger partial charge on any atom is 0.251 e. The minimum Gasteiger partial charge on any atom is -0.370 e. The SMILES string of the molecule is O=C1Nc2cc(Br)ccc2C1Nc1ccc2cn[nH]c2c1. The Morgan fingerprint density at radius 3 is 3.00 bits per heavy atom. The summed E-state index contributed by atoms with van der Waals surface area (Å²) in [5.41, 5.74) is 3.61. The number of carbonyl (C=O) groups is 1. The molecule has 1 unspecified atom stereocenters. The van der Waals surface area contributed by atoms with Gasteiger partial charge in [0.1, 0.15) is 6.04 Å². The fourth-order valence-electron chi connectivity index (χ4n) is 2.57. The van der Waals surface area contributed by atoms with Gasteiger partial charge in [0.15, 0.2) is 0 Å². The molecule has 0 aliphatic carbocycles. The lowest BCUT2D eigenvalue weighted by Crippen LogP contribution is -2.19. The van der Waals surface area contributed by atoms with Gasteiger partial charge in [-0.3, -0.25) is 9.89 Å². The predicted molar refractivity (Wildman–Crippen MR) is 85.2 cm³/mol. The van der Waals surface area contributed by atoms with Crippen molar-refractivity contribution in [3.63, 3.8) is 0 Å². The lowest BCUT2D eigenvalue weighted by Gasteiger charge is -2.13. The van der Waals surface area contributed by atoms with Gasteiger partial charge < -0.3 is 10.6 Å². The summed E-state index contributed by atoms with van der Waals surface area (Å²) in [6.07, 6.45) is 1.77. The number of benzene rings is 2. The Bertz CT molecular complexity index is 858. The van der Waals surface area contributed by atoms with Gasteiger partial charge in [-0.2, -0.15) is 5.10 Å². The maximum absolute atomic E-state index is 12.2. The van der Waals surface area contributed by atoms with Crippen LogP contribution in [0.3, 0.4) is 0 Å². The number of nitrogens with zero attached hydrogens (tertiary/aromatic N) is 1. The Hall–Kier alpha value is -2.34. The topological polar surface area (TPSA) is 69.8 Å². The van der Waals surface area contributed by atoms with Crippen LogP contribution in [0.5, 0.6) is 0 Å². The van der Waals surface area contributed by atoms with E-state index in [4.69, 9.17) is 0 Å². The number of hydrogen-bond donors (Lipinski definition) is 3. The van der Waals surface area contributed by atoms with Gasteiger partial charge in [0.05, 0.1) is 11.7 Å². The van der Waals surface area contributed by atoms with Gasteiger partial charge in [-0.05, 0) is 30.3 Å². The normalized spacial score (nSPS) is 16.8. The molecular weight excluding hydrogens is 332 g/mol. The predicted octanol–water partition coefficient (Wildman–Crippen LogP) is 3.43. The Labute approximate surface area is 128 Å². The van der Waals surface area contributed by atoms with Crippen molar-refractivity contribution < 1.29 is 4.79 Å². The second-order valence-electron chi connectivity index (χ2n) is 4.97. The van der Waals surface area contributed by atoms with Crippen molar-refractivity contribution in [1.29, 1.82) is 0 Å². The monoisotopic (exact) mass is 342 g/mol. The summed E-state index contributed by atoms with van der Waals surface area (Å²) in [7, 11) is 0. The summed E-state index contributed by atoms with van der Waals surface area (Å²) in [5.74, 6) is -0.0483. The highest BCUT2D eigenvalue weighted by molar-refractivity contribution is 9.10. The van der Waals surface area contributed by atoms with Crippen molar-refractivity contribution in [2.75, 3.05) is 10.6 Å². The molecule has 0 radical (unpaired) electrons. The number of aromatic nitrogens is 2. The van der Waals surface area contributed by atoms with Crippen LogP contribution in [-0.2, 0) is 4.79 Å². The smallest absolute Gasteiger partial charge is 0.251 e. The molecule has 2 heterocycles. The van der Waals surface area contributed by atoms with Gasteiger partial charge in [0, 0.05) is 26.8 Å². The third-order valence-corrected chi connectivity index (χ3v) is 4.09. The van der Waals surface area contributed by atoms with Crippen LogP contribution in [0.4, 0.5) is 11.4 Å². The summed E-state index contributed by atoms with van der Waals surface area (Å²) in [6.45, 7) is 0. The number of halogens is 1. The summed E-state index contributed by atoms with van der Waals surface area (Å²) in [4.78, 5) is 12.2. The minimum absolute atomic E-state index is 0.0483. The Kier molecular flexibility index (Phi) is 2.71. The average molecular weight is 343 g/mol. The van der Waals surface area contributed by atoms with E-state index in [1.165, 1.54) is 0 Å². The van der Waals surface area contributed by atoms with Crippen LogP contribution in [0, 0.1) is 0 Å². The summed E-state index contributed by atoms with van der Waals surface area (Å²) in [5, 5.41) is 14.1. The number of aromatic amines is 1. The molecule has 1 atom stereocenters. The van der Waals surface area contributed by atoms with Gasteiger partial charge >= 0.3 is 0 Å². The molecule has 1 aromatic heterocycles. The minimum atomic E-state index is -0.381. The molecule has 1 amide bonds. The Morgan fingerprint density at radius 2 is 2.10 bits per heavy atom. The van der Waals surface area contributed by atoms with E-state index in [1.807, 2.05) is 36.4 Å². The zero-order valence-corrected chi connectivity index (χ0v) is 12.4. The molecule has 6 heteroatoms. The Morgan fingerprint density at radius 1 is 1.19 bits per heavy atom. The number of fused-ring (bicyclic) bond motifs is 2. The summed E-state index contributed by atoms with van der Waals surface area (Å²) < 4.78 is 0.945. The molecule has 0 spiro atoms. The van der Waals surface area contributed by atoms with Crippen LogP contribution in [0.1, 0.15) is 11.6 Å². The molecular formula is C15H11BrN4O. The number of rotatable bonds is 2. The highest BCUT2D eigenvalue weighted by Crippen LogP contribution is 2.35. The third kappa shape index (κ3) is 2.08. The van der Waals surface area contributed by atoms with E-state index < -0.39 is 0 Å². The van der Waals surface area contributed by atoms with E-state index in [2.05, 4.69) is 36.8 Å². The fourth-order valence-corrected chi connectivity index (χ4v) is 2.93. The molecule has 2 aromatic carbocycles. The van der Waals surface area contributed by atoms with Crippen molar-refractivity contribution >= 4 is 44.1 Å². The number of amides is 1. The Balaban J connectivity index is 1.69. The molecule has 104 valence electrons. The quantitative estimate of drug-likeness (QED) is 0.668. The molecule has 21 heavy (non-hydrogen) atoms. The second-order valence-corrected chi connectivity index (χ2v) is 5.89. The molecule has 0 saturated heterocycles. The average Bonchev–Trinajstić information content (AvgIpc) is 3.03. The van der Waals surface area contributed by atoms with Crippen molar-refractivity contribution in [1.82, 2.24) is 10.2 Å². The lowest BCUT2D eigenvalue weighted by atomic mass is 10.1. The van der Waals surface area contributed by atoms with Crippen LogP contribution in [0.2, 0.25) is 0 Å². The van der Waals surface area contributed by atoms with E-state index in [0.29, 0.717) is 0 Å². The highest BCUT2D eigenvalue weighted by atomic mass is 79.9. The third-order valence-electron chi connectivity index (χ3n) is 3.60. The van der Waals surface area contributed by atoms with Gasteiger partial charge in [0.25, 0.3) is 5.91 Å². The van der Waals surface area contributed by atoms with Crippen molar-refractivity contribution in [2.45, 2.75) is 6.04 Å². The summed E-state index contributed by atoms with van der Waals surface area (Å²) in [6, 6.07) is 11.3. The first kappa shape index (κ1) is 12.4. The first-order chi connectivity index (χ1) is 10.2. The lowest BCUT2D eigenvalue weighted by molar-refractivity contribution is -0.116. The first-order valence-electron chi connectivity index (χ1n) is 6.51. The van der Waals surface area contributed by atoms with Crippen molar-refractivity contribution in [3.05, 3.63) is 52.6 Å². The molecule has 0 bridgehead atoms. The molecule has 0 fully saturated rings. The number of anilines is 2. The summed E-state index contributed by atoms with van der Waals surface area (Å²) >= 11 is 3.41. The molecule has 5 nitrogen and oxygen atoms in total. The van der Waals surface area contributed by atoms with E-state index in [0.717, 1.165) is 32.3 Å². The number of hydrogen-bond acceptors (Lipinski definition) is 3. The number of H-pyrrole nitrogens is 1. The van der Waals surface area contributed by atoms with Gasteiger partial charge in [0.2, 0.25) is 0 Å². The van der Waals surface area contributed by atoms with Crippen molar-refractivity contribution in [3.8, 4) is 0 Å². The zero-order valence-electron chi connectivity index (χ0n) is 10.9. The van der Waals surface area contributed by atoms with Gasteiger partial charge in [-0.1, -0.05) is 22.0 Å². The van der Waals surface area contributed by atoms with Crippen molar-refractivity contribution in [2.24, 2.45) is 0 Å². The first-order valence-corrected chi connectivity index (χ1v) is 7.30. The number of carbonyl (C=O) groups excluding carboxylic acids is 1. The van der Waals surface area contributed by atoms with Crippen LogP contribution in [0.25, 0.3) is 10.9 Å². The standard InChI is InChI=1S/C15H11BrN4O/c16-9-2-4-11-13(5-9)19-15(21)14(11)18-10-3-1-8-7-17-20-12(8)6-10/h1-7,14,18H,(H,17,20)(H,19,21). The number of nitrogens with one attached hydrogen (secondary N) is 3. The molecule has 0 saturated carbocycles. The maximum atomic E-state index is 12.2. The molecule has 1 aliphatic heterocycles. The molecule has 1 aliphatic rings. The van der Waals surface area contributed by atoms with Crippen LogP contribution >= 0.6 is 15.9 Å². The second kappa shape index (κ2) is 4.60. The van der Waals surface area contributed by atoms with Crippen LogP contribution in [0.15, 0.2) is 47.1 Å². The van der Waals surface area contributed by atoms with Gasteiger partial charge in [-0.15, -0.1) is 0 Å². The van der Waals surface area contributed by atoms with Gasteiger partial charge in [-0.25, -0.2) is 0 Å². The van der Waals surface area contributed by atoms with E-state index in [9.17, 15) is 4.79 Å². The molecule has 4 rings (SSSR count). The molecule has 3 N–H and O–H groups in total. The van der Waals surface area contributed by atoms with E-state index in [-0.39, 0.29) is 11.9 Å². The largest absolute Gasteiger partial charge is 0.370 e. The van der Waals surface area contributed by atoms with E-state index >= 15 is 0 Å². The van der Waals surface area contributed by atoms with Crippen LogP contribution < -0.4 is 10.6 Å². The van der Waals surface area contributed by atoms with E-state index in [1.54, 1.807) is 6.20 Å². The van der Waals surface area contributed by atoms with Crippen LogP contribution in [-0.4, -0.2) is 16.1 Å². The fraction of sp³-hybridized carbons (Fsp3) is 0.0667. The zero-order chi connectivity index (χ0) is 14.4. The molecule has 3 aromatic rings. The highest BCUT2D eigenvalue weighted by Gasteiger charge is 2.30.